The first-order chi connectivity index (χ1) is 9.19. The Bertz CT molecular complexity index is 377. The van der Waals surface area contributed by atoms with E-state index in [0.29, 0.717) is 6.10 Å². The fourth-order valence-corrected chi connectivity index (χ4v) is 2.71. The van der Waals surface area contributed by atoms with E-state index in [1.165, 1.54) is 30.5 Å². The van der Waals surface area contributed by atoms with E-state index in [1.807, 2.05) is 7.11 Å². The summed E-state index contributed by atoms with van der Waals surface area (Å²) in [7, 11) is 1.81. The Morgan fingerprint density at radius 2 is 2.11 bits per heavy atom. The molecule has 0 bridgehead atoms. The molecule has 0 amide bonds. The van der Waals surface area contributed by atoms with Gasteiger partial charge in [0.05, 0.1) is 6.10 Å². The molecular weight excluding hydrogens is 236 g/mol. The number of nitrogens with two attached hydrogens (primary N) is 1. The first kappa shape index (κ1) is 14.5. The first-order valence-electron chi connectivity index (χ1n) is 7.26. The van der Waals surface area contributed by atoms with Gasteiger partial charge in [-0.15, -0.1) is 0 Å². The van der Waals surface area contributed by atoms with Crippen molar-refractivity contribution < 1.29 is 4.74 Å². The number of benzene rings is 1. The quantitative estimate of drug-likeness (QED) is 0.886. The van der Waals surface area contributed by atoms with Gasteiger partial charge in [0.25, 0.3) is 0 Å². The molecule has 1 aliphatic heterocycles. The van der Waals surface area contributed by atoms with Crippen molar-refractivity contribution >= 4 is 0 Å². The monoisotopic (exact) mass is 262 g/mol. The molecule has 0 spiro atoms. The molecule has 19 heavy (non-hydrogen) atoms. The maximum absolute atomic E-state index is 6.27. The van der Waals surface area contributed by atoms with Crippen LogP contribution in [0.2, 0.25) is 0 Å². The molecule has 2 atom stereocenters. The van der Waals surface area contributed by atoms with Crippen molar-refractivity contribution in [2.75, 3.05) is 26.7 Å². The van der Waals surface area contributed by atoms with Gasteiger partial charge in [-0.3, -0.25) is 0 Å². The lowest BCUT2D eigenvalue weighted by atomic mass is 10.0. The molecular formula is C16H26N2O. The molecule has 3 heteroatoms. The predicted octanol–water partition coefficient (Wildman–Crippen LogP) is 2.50. The van der Waals surface area contributed by atoms with Crippen molar-refractivity contribution in [1.82, 2.24) is 4.90 Å². The Balaban J connectivity index is 1.79. The van der Waals surface area contributed by atoms with E-state index < -0.39 is 0 Å². The highest BCUT2D eigenvalue weighted by atomic mass is 16.5. The summed E-state index contributed by atoms with van der Waals surface area (Å²) in [6.07, 6.45) is 3.85. The molecule has 3 nitrogen and oxygen atoms in total. The highest BCUT2D eigenvalue weighted by Gasteiger charge is 2.19. The number of ether oxygens (including phenoxy) is 1. The smallest absolute Gasteiger partial charge is 0.0698 e. The zero-order valence-electron chi connectivity index (χ0n) is 12.1. The standard InChI is InChI=1S/C16H26N2O/c1-13-5-7-14(8-6-13)16(17)9-11-18-10-3-4-15(12-18)19-2/h5-8,15-16H,3-4,9-12,17H2,1-2H3. The molecule has 2 rings (SSSR count). The Labute approximate surface area is 116 Å². The highest BCUT2D eigenvalue weighted by Crippen LogP contribution is 2.18. The van der Waals surface area contributed by atoms with Gasteiger partial charge < -0.3 is 15.4 Å². The van der Waals surface area contributed by atoms with Gasteiger partial charge in [-0.25, -0.2) is 0 Å². The van der Waals surface area contributed by atoms with Crippen LogP contribution in [0.15, 0.2) is 24.3 Å². The van der Waals surface area contributed by atoms with Crippen LogP contribution in [0.25, 0.3) is 0 Å². The van der Waals surface area contributed by atoms with Crippen LogP contribution in [0.1, 0.15) is 36.4 Å². The van der Waals surface area contributed by atoms with E-state index in [9.17, 15) is 0 Å². The molecule has 0 radical (unpaired) electrons. The molecule has 1 aromatic carbocycles. The van der Waals surface area contributed by atoms with Crippen LogP contribution in [0.3, 0.4) is 0 Å². The SMILES string of the molecule is COC1CCCN(CCC(N)c2ccc(C)cc2)C1. The third-order valence-corrected chi connectivity index (χ3v) is 4.06. The number of hydrogen-bond acceptors (Lipinski definition) is 3. The minimum Gasteiger partial charge on any atom is -0.380 e. The molecule has 0 aromatic heterocycles. The molecule has 2 unspecified atom stereocenters. The second-order valence-corrected chi connectivity index (χ2v) is 5.61. The molecule has 1 aromatic rings. The van der Waals surface area contributed by atoms with E-state index in [4.69, 9.17) is 10.5 Å². The summed E-state index contributed by atoms with van der Waals surface area (Å²) in [5.41, 5.74) is 8.80. The van der Waals surface area contributed by atoms with Crippen molar-refractivity contribution in [2.24, 2.45) is 5.73 Å². The molecule has 0 saturated carbocycles. The van der Waals surface area contributed by atoms with Crippen molar-refractivity contribution in [3.8, 4) is 0 Å². The summed E-state index contributed by atoms with van der Waals surface area (Å²) in [6, 6.07) is 8.71. The zero-order valence-corrected chi connectivity index (χ0v) is 12.1. The minimum absolute atomic E-state index is 0.142. The first-order valence-corrected chi connectivity index (χ1v) is 7.26. The average Bonchev–Trinajstić information content (AvgIpc) is 2.46. The zero-order chi connectivity index (χ0) is 13.7. The van der Waals surface area contributed by atoms with Crippen LogP contribution in [-0.2, 0) is 4.74 Å². The Morgan fingerprint density at radius 3 is 2.79 bits per heavy atom. The van der Waals surface area contributed by atoms with Gasteiger partial charge in [-0.2, -0.15) is 0 Å². The van der Waals surface area contributed by atoms with Gasteiger partial charge in [0.1, 0.15) is 0 Å². The van der Waals surface area contributed by atoms with Gasteiger partial charge in [-0.1, -0.05) is 29.8 Å². The fourth-order valence-electron chi connectivity index (χ4n) is 2.71. The average molecular weight is 262 g/mol. The Hall–Kier alpha value is -0.900. The summed E-state index contributed by atoms with van der Waals surface area (Å²) >= 11 is 0. The van der Waals surface area contributed by atoms with Crippen molar-refractivity contribution in [2.45, 2.75) is 38.3 Å². The summed E-state index contributed by atoms with van der Waals surface area (Å²) in [5, 5.41) is 0. The van der Waals surface area contributed by atoms with E-state index in [-0.39, 0.29) is 6.04 Å². The molecule has 2 N–H and O–H groups in total. The van der Waals surface area contributed by atoms with Gasteiger partial charge in [-0.05, 0) is 38.3 Å². The maximum atomic E-state index is 6.27. The lowest BCUT2D eigenvalue weighted by Gasteiger charge is -2.32. The van der Waals surface area contributed by atoms with Crippen molar-refractivity contribution in [3.63, 3.8) is 0 Å². The molecule has 0 aliphatic carbocycles. The predicted molar refractivity (Wildman–Crippen MR) is 79.2 cm³/mol. The van der Waals surface area contributed by atoms with E-state index >= 15 is 0 Å². The van der Waals surface area contributed by atoms with Gasteiger partial charge in [0, 0.05) is 26.2 Å². The lowest BCUT2D eigenvalue weighted by molar-refractivity contribution is 0.0305. The van der Waals surface area contributed by atoms with E-state index in [0.717, 1.165) is 19.5 Å². The van der Waals surface area contributed by atoms with E-state index in [2.05, 4.69) is 36.1 Å². The number of rotatable bonds is 5. The lowest BCUT2D eigenvalue weighted by Crippen LogP contribution is -2.40. The maximum Gasteiger partial charge on any atom is 0.0698 e. The van der Waals surface area contributed by atoms with Crippen LogP contribution in [-0.4, -0.2) is 37.7 Å². The number of methoxy groups -OCH3 is 1. The normalized spacial score (nSPS) is 22.4. The van der Waals surface area contributed by atoms with Crippen LogP contribution < -0.4 is 5.73 Å². The number of hydrogen-bond donors (Lipinski definition) is 1. The van der Waals surface area contributed by atoms with Crippen LogP contribution in [0.4, 0.5) is 0 Å². The van der Waals surface area contributed by atoms with Gasteiger partial charge >= 0.3 is 0 Å². The molecule has 106 valence electrons. The minimum atomic E-state index is 0.142. The molecule has 1 fully saturated rings. The summed E-state index contributed by atoms with van der Waals surface area (Å²) in [6.45, 7) is 5.40. The number of aryl methyl sites for hydroxylation is 1. The van der Waals surface area contributed by atoms with Crippen molar-refractivity contribution in [1.29, 1.82) is 0 Å². The van der Waals surface area contributed by atoms with Crippen LogP contribution >= 0.6 is 0 Å². The van der Waals surface area contributed by atoms with Gasteiger partial charge in [0.2, 0.25) is 0 Å². The van der Waals surface area contributed by atoms with Crippen LogP contribution in [0, 0.1) is 6.92 Å². The third-order valence-electron chi connectivity index (χ3n) is 4.06. The summed E-state index contributed by atoms with van der Waals surface area (Å²) in [4.78, 5) is 2.48. The second-order valence-electron chi connectivity index (χ2n) is 5.61. The summed E-state index contributed by atoms with van der Waals surface area (Å²) in [5.74, 6) is 0. The molecule has 1 saturated heterocycles. The highest BCUT2D eigenvalue weighted by molar-refractivity contribution is 5.23. The Morgan fingerprint density at radius 1 is 1.37 bits per heavy atom. The molecule has 1 heterocycles. The Kier molecular flexibility index (Phi) is 5.37. The largest absolute Gasteiger partial charge is 0.380 e. The second kappa shape index (κ2) is 7.04. The fraction of sp³-hybridized carbons (Fsp3) is 0.625. The van der Waals surface area contributed by atoms with Crippen LogP contribution in [0.5, 0.6) is 0 Å². The van der Waals surface area contributed by atoms with Gasteiger partial charge in [0.15, 0.2) is 0 Å². The number of nitrogens with zero attached hydrogens (tertiary/aromatic N) is 1. The third kappa shape index (κ3) is 4.30. The summed E-state index contributed by atoms with van der Waals surface area (Å²) < 4.78 is 5.45. The molecule has 1 aliphatic rings. The topological polar surface area (TPSA) is 38.5 Å². The number of likely N-dealkylation sites (tertiary alicyclic amines) is 1. The van der Waals surface area contributed by atoms with E-state index in [1.54, 1.807) is 0 Å². The van der Waals surface area contributed by atoms with Crippen molar-refractivity contribution in [3.05, 3.63) is 35.4 Å². The number of piperidine rings is 1.